The van der Waals surface area contributed by atoms with Crippen LogP contribution in [0.15, 0.2) is 29.4 Å². The van der Waals surface area contributed by atoms with Gasteiger partial charge < -0.3 is 15.2 Å². The Morgan fingerprint density at radius 2 is 2.03 bits per heavy atom. The van der Waals surface area contributed by atoms with Crippen LogP contribution < -0.4 is 10.6 Å². The van der Waals surface area contributed by atoms with E-state index in [1.807, 2.05) is 10.6 Å². The highest BCUT2D eigenvalue weighted by Crippen LogP contribution is 2.33. The molecule has 1 aromatic carbocycles. The van der Waals surface area contributed by atoms with Crippen molar-refractivity contribution in [3.63, 3.8) is 0 Å². The van der Waals surface area contributed by atoms with Gasteiger partial charge in [-0.15, -0.1) is 10.2 Å². The van der Waals surface area contributed by atoms with E-state index in [1.165, 1.54) is 17.8 Å². The highest BCUT2D eigenvalue weighted by molar-refractivity contribution is 7.99. The molecule has 166 valence electrons. The Kier molecular flexibility index (Phi) is 7.79. The fourth-order valence-corrected chi connectivity index (χ4v) is 4.39. The van der Waals surface area contributed by atoms with Crippen molar-refractivity contribution in [2.75, 3.05) is 17.6 Å². The molecule has 7 nitrogen and oxygen atoms in total. The van der Waals surface area contributed by atoms with E-state index in [2.05, 4.69) is 20.8 Å². The third kappa shape index (κ3) is 6.37. The molecule has 2 aromatic rings. The first kappa shape index (κ1) is 22.9. The summed E-state index contributed by atoms with van der Waals surface area (Å²) in [5.74, 6) is 0.450. The third-order valence-electron chi connectivity index (χ3n) is 5.01. The van der Waals surface area contributed by atoms with Crippen molar-refractivity contribution in [1.29, 1.82) is 5.26 Å². The molecule has 2 N–H and O–H groups in total. The van der Waals surface area contributed by atoms with Gasteiger partial charge in [-0.3, -0.25) is 4.79 Å². The molecule has 1 aliphatic rings. The lowest BCUT2D eigenvalue weighted by molar-refractivity contribution is -0.137. The van der Waals surface area contributed by atoms with Crippen LogP contribution in [0.4, 0.5) is 18.9 Å². The van der Waals surface area contributed by atoms with Crippen LogP contribution in [0.3, 0.4) is 0 Å². The second-order valence-corrected chi connectivity index (χ2v) is 8.16. The van der Waals surface area contributed by atoms with Gasteiger partial charge in [0.2, 0.25) is 5.91 Å². The summed E-state index contributed by atoms with van der Waals surface area (Å²) >= 11 is 1.24. The third-order valence-corrected chi connectivity index (χ3v) is 5.96. The Balaban J connectivity index is 1.74. The highest BCUT2D eigenvalue weighted by atomic mass is 32.2. The van der Waals surface area contributed by atoms with Gasteiger partial charge in [0.05, 0.1) is 23.9 Å². The number of carbonyl (C=O) groups is 1. The topological polar surface area (TPSA) is 95.6 Å². The van der Waals surface area contributed by atoms with E-state index in [-0.39, 0.29) is 30.8 Å². The van der Waals surface area contributed by atoms with Crippen LogP contribution in [0.1, 0.15) is 49.5 Å². The van der Waals surface area contributed by atoms with E-state index >= 15 is 0 Å². The molecule has 0 atom stereocenters. The van der Waals surface area contributed by atoms with Gasteiger partial charge in [0.1, 0.15) is 6.54 Å². The second-order valence-electron chi connectivity index (χ2n) is 7.22. The van der Waals surface area contributed by atoms with Gasteiger partial charge in [-0.1, -0.05) is 37.1 Å². The molecule has 11 heteroatoms. The van der Waals surface area contributed by atoms with Crippen molar-refractivity contribution in [1.82, 2.24) is 20.1 Å². The lowest BCUT2D eigenvalue weighted by atomic mass is 9.95. The Labute approximate surface area is 182 Å². The number of rotatable bonds is 8. The van der Waals surface area contributed by atoms with Crippen LogP contribution in [0.25, 0.3) is 0 Å². The molecule has 1 heterocycles. The van der Waals surface area contributed by atoms with Gasteiger partial charge in [0, 0.05) is 11.7 Å². The molecule has 0 radical (unpaired) electrons. The van der Waals surface area contributed by atoms with Gasteiger partial charge in [0.25, 0.3) is 0 Å². The number of alkyl halides is 3. The van der Waals surface area contributed by atoms with Gasteiger partial charge in [-0.05, 0) is 31.0 Å². The average Bonchev–Trinajstić information content (AvgIpc) is 3.18. The predicted molar refractivity (Wildman–Crippen MR) is 110 cm³/mol. The van der Waals surface area contributed by atoms with Gasteiger partial charge in [-0.25, -0.2) is 0 Å². The summed E-state index contributed by atoms with van der Waals surface area (Å²) in [6.45, 7) is 0.160. The van der Waals surface area contributed by atoms with Gasteiger partial charge >= 0.3 is 6.18 Å². The number of thioether (sulfide) groups is 1. The second kappa shape index (κ2) is 10.5. The zero-order valence-corrected chi connectivity index (χ0v) is 17.6. The van der Waals surface area contributed by atoms with E-state index in [4.69, 9.17) is 5.26 Å². The lowest BCUT2D eigenvalue weighted by Gasteiger charge is -2.25. The Hall–Kier alpha value is -2.74. The molecule has 0 aliphatic heterocycles. The van der Waals surface area contributed by atoms with Crippen LogP contribution in [-0.4, -0.2) is 33.0 Å². The van der Waals surface area contributed by atoms with Crippen molar-refractivity contribution in [2.24, 2.45) is 0 Å². The SMILES string of the molecule is N#CCNC(=O)CSc1nnc(CNc2cccc(C(F)(F)F)c2)n1C1CCCCC1. The van der Waals surface area contributed by atoms with E-state index in [9.17, 15) is 18.0 Å². The molecule has 1 fully saturated rings. The summed E-state index contributed by atoms with van der Waals surface area (Å²) in [7, 11) is 0. The number of halogens is 3. The number of amides is 1. The standard InChI is InChI=1S/C20H23F3N6OS/c21-20(22,23)14-5-4-6-15(11-14)26-12-17-27-28-19(31-13-18(30)25-10-9-24)29(17)16-7-2-1-3-8-16/h4-6,11,16,26H,1-3,7-8,10,12-13H2,(H,25,30). The van der Waals surface area contributed by atoms with Crippen LogP contribution in [0, 0.1) is 11.3 Å². The fraction of sp³-hybridized carbons (Fsp3) is 0.500. The quantitative estimate of drug-likeness (QED) is 0.462. The maximum Gasteiger partial charge on any atom is 0.416 e. The molecule has 0 spiro atoms. The summed E-state index contributed by atoms with van der Waals surface area (Å²) in [6, 6.07) is 7.07. The first-order valence-corrected chi connectivity index (χ1v) is 11.0. The number of benzene rings is 1. The lowest BCUT2D eigenvalue weighted by Crippen LogP contribution is -2.25. The number of nitriles is 1. The smallest absolute Gasteiger partial charge is 0.378 e. The zero-order chi connectivity index (χ0) is 22.3. The number of hydrogen-bond acceptors (Lipinski definition) is 6. The number of carbonyl (C=O) groups excluding carboxylic acids is 1. The maximum atomic E-state index is 13.0. The first-order valence-electron chi connectivity index (χ1n) is 10.00. The Morgan fingerprint density at radius 3 is 2.74 bits per heavy atom. The molecule has 31 heavy (non-hydrogen) atoms. The average molecular weight is 453 g/mol. The van der Waals surface area contributed by atoms with E-state index in [0.29, 0.717) is 16.7 Å². The number of hydrogen-bond donors (Lipinski definition) is 2. The van der Waals surface area contributed by atoms with Crippen LogP contribution >= 0.6 is 11.8 Å². The molecule has 1 aliphatic carbocycles. The number of nitrogens with zero attached hydrogens (tertiary/aromatic N) is 4. The van der Waals surface area contributed by atoms with Crippen molar-refractivity contribution in [2.45, 2.75) is 56.0 Å². The maximum absolute atomic E-state index is 13.0. The monoisotopic (exact) mass is 452 g/mol. The van der Waals surface area contributed by atoms with Crippen LogP contribution in [0.5, 0.6) is 0 Å². The van der Waals surface area contributed by atoms with Crippen molar-refractivity contribution in [3.8, 4) is 6.07 Å². The molecule has 0 unspecified atom stereocenters. The predicted octanol–water partition coefficient (Wildman–Crippen LogP) is 4.15. The summed E-state index contributed by atoms with van der Waals surface area (Å²) in [5, 5.41) is 23.1. The molecule has 0 saturated heterocycles. The van der Waals surface area contributed by atoms with Crippen molar-refractivity contribution >= 4 is 23.4 Å². The summed E-state index contributed by atoms with van der Waals surface area (Å²) in [4.78, 5) is 11.8. The highest BCUT2D eigenvalue weighted by Gasteiger charge is 2.30. The van der Waals surface area contributed by atoms with Gasteiger partial charge in [0.15, 0.2) is 11.0 Å². The first-order chi connectivity index (χ1) is 14.9. The van der Waals surface area contributed by atoms with Gasteiger partial charge in [-0.2, -0.15) is 18.4 Å². The Morgan fingerprint density at radius 1 is 1.26 bits per heavy atom. The normalized spacial score (nSPS) is 14.8. The van der Waals surface area contributed by atoms with Crippen molar-refractivity contribution in [3.05, 3.63) is 35.7 Å². The minimum Gasteiger partial charge on any atom is -0.378 e. The summed E-state index contributed by atoms with van der Waals surface area (Å²) in [6.07, 6.45) is 0.836. The molecule has 1 saturated carbocycles. The fourth-order valence-electron chi connectivity index (χ4n) is 3.54. The molecular formula is C20H23F3N6OS. The zero-order valence-electron chi connectivity index (χ0n) is 16.8. The minimum atomic E-state index is -4.41. The molecule has 0 bridgehead atoms. The minimum absolute atomic E-state index is 0.0547. The Bertz CT molecular complexity index is 934. The number of aromatic nitrogens is 3. The molecular weight excluding hydrogens is 429 g/mol. The van der Waals surface area contributed by atoms with Crippen LogP contribution in [0.2, 0.25) is 0 Å². The summed E-state index contributed by atoms with van der Waals surface area (Å²) < 4.78 is 40.9. The molecule has 1 aromatic heterocycles. The van der Waals surface area contributed by atoms with E-state index in [0.717, 1.165) is 44.2 Å². The number of anilines is 1. The molecule has 1 amide bonds. The van der Waals surface area contributed by atoms with Crippen LogP contribution in [-0.2, 0) is 17.5 Å². The largest absolute Gasteiger partial charge is 0.416 e. The van der Waals surface area contributed by atoms with E-state index < -0.39 is 11.7 Å². The van der Waals surface area contributed by atoms with E-state index in [1.54, 1.807) is 6.07 Å². The molecule has 3 rings (SSSR count). The summed E-state index contributed by atoms with van der Waals surface area (Å²) in [5.41, 5.74) is -0.371. The van der Waals surface area contributed by atoms with Crippen molar-refractivity contribution < 1.29 is 18.0 Å². The number of nitrogens with one attached hydrogen (secondary N) is 2.